The Morgan fingerprint density at radius 3 is 2.62 bits per heavy atom. The number of fused-ring (bicyclic) bond motifs is 1. The van der Waals surface area contributed by atoms with Crippen LogP contribution in [0.15, 0.2) is 77.9 Å². The van der Waals surface area contributed by atoms with E-state index in [-0.39, 0.29) is 6.04 Å². The number of thiocarbonyl (C=S) groups is 1. The first-order valence-electron chi connectivity index (χ1n) is 10.5. The van der Waals surface area contributed by atoms with Crippen molar-refractivity contribution < 1.29 is 14.2 Å². The quantitative estimate of drug-likeness (QED) is 0.570. The lowest BCUT2D eigenvalue weighted by Crippen LogP contribution is -2.31. The molecule has 6 nitrogen and oxygen atoms in total. The zero-order chi connectivity index (χ0) is 21.9. The van der Waals surface area contributed by atoms with Crippen molar-refractivity contribution in [1.29, 1.82) is 0 Å². The first-order valence-corrected chi connectivity index (χ1v) is 10.9. The van der Waals surface area contributed by atoms with Crippen LogP contribution in [0.3, 0.4) is 0 Å². The van der Waals surface area contributed by atoms with E-state index >= 15 is 0 Å². The van der Waals surface area contributed by atoms with E-state index in [1.54, 1.807) is 7.11 Å². The van der Waals surface area contributed by atoms with Crippen molar-refractivity contribution in [2.24, 2.45) is 5.10 Å². The molecule has 1 unspecified atom stereocenters. The fraction of sp³-hybridized carbons (Fsp3) is 0.200. The van der Waals surface area contributed by atoms with Gasteiger partial charge in [-0.3, -0.25) is 0 Å². The molecule has 7 heteroatoms. The van der Waals surface area contributed by atoms with Crippen LogP contribution in [0, 0.1) is 0 Å². The van der Waals surface area contributed by atoms with Gasteiger partial charge in [0.2, 0.25) is 0 Å². The smallest absolute Gasteiger partial charge is 0.194 e. The first kappa shape index (κ1) is 20.3. The molecule has 162 valence electrons. The molecule has 3 aromatic rings. The second-order valence-corrected chi connectivity index (χ2v) is 7.93. The summed E-state index contributed by atoms with van der Waals surface area (Å²) in [6, 6.07) is 23.8. The second kappa shape index (κ2) is 8.88. The van der Waals surface area contributed by atoms with Crippen LogP contribution in [-0.2, 0) is 0 Å². The van der Waals surface area contributed by atoms with Crippen LogP contribution in [0.2, 0.25) is 0 Å². The number of hydrazone groups is 1. The minimum Gasteiger partial charge on any atom is -0.497 e. The number of para-hydroxylation sites is 1. The Labute approximate surface area is 192 Å². The van der Waals surface area contributed by atoms with Gasteiger partial charge >= 0.3 is 0 Å². The Bertz CT molecular complexity index is 1170. The van der Waals surface area contributed by atoms with E-state index in [1.165, 1.54) is 0 Å². The van der Waals surface area contributed by atoms with Gasteiger partial charge in [0.1, 0.15) is 19.0 Å². The van der Waals surface area contributed by atoms with Crippen LogP contribution in [-0.4, -0.2) is 36.2 Å². The number of hydrogen-bond donors (Lipinski definition) is 1. The van der Waals surface area contributed by atoms with Crippen molar-refractivity contribution in [2.75, 3.05) is 25.6 Å². The van der Waals surface area contributed by atoms with Crippen molar-refractivity contribution in [1.82, 2.24) is 5.01 Å². The highest BCUT2D eigenvalue weighted by Gasteiger charge is 2.32. The van der Waals surface area contributed by atoms with Gasteiger partial charge in [-0.25, -0.2) is 5.01 Å². The molecular weight excluding hydrogens is 422 g/mol. The molecule has 0 spiro atoms. The molecule has 32 heavy (non-hydrogen) atoms. The average molecular weight is 446 g/mol. The molecule has 5 rings (SSSR count). The number of nitrogens with zero attached hydrogens (tertiary/aromatic N) is 2. The summed E-state index contributed by atoms with van der Waals surface area (Å²) in [5.74, 6) is 2.32. The molecule has 2 heterocycles. The summed E-state index contributed by atoms with van der Waals surface area (Å²) in [5.41, 5.74) is 3.94. The molecule has 0 aliphatic carbocycles. The molecule has 0 fully saturated rings. The first-order chi connectivity index (χ1) is 15.7. The minimum atomic E-state index is -0.0734. The topological polar surface area (TPSA) is 55.3 Å². The monoisotopic (exact) mass is 445 g/mol. The van der Waals surface area contributed by atoms with E-state index in [0.29, 0.717) is 24.7 Å². The summed E-state index contributed by atoms with van der Waals surface area (Å²) in [4.78, 5) is 0. The van der Waals surface area contributed by atoms with E-state index in [1.807, 2.05) is 71.7 Å². The molecule has 0 radical (unpaired) electrons. The molecule has 3 aromatic carbocycles. The fourth-order valence-corrected chi connectivity index (χ4v) is 4.19. The standard InChI is InChI=1S/C25H23N3O3S/c1-29-20-9-5-6-17(14-20)21-16-22(18-10-11-23-24(15-18)31-13-12-30-23)28(27-21)25(32)26-19-7-3-2-4-8-19/h2-11,14-15,22H,12-13,16H2,1H3,(H,26,32). The predicted molar refractivity (Wildman–Crippen MR) is 129 cm³/mol. The van der Waals surface area contributed by atoms with E-state index in [2.05, 4.69) is 11.4 Å². The van der Waals surface area contributed by atoms with E-state index in [0.717, 1.165) is 39.8 Å². The highest BCUT2D eigenvalue weighted by atomic mass is 32.1. The van der Waals surface area contributed by atoms with Gasteiger partial charge in [0.15, 0.2) is 16.6 Å². The van der Waals surface area contributed by atoms with Gasteiger partial charge < -0.3 is 19.5 Å². The Kier molecular flexibility index (Phi) is 5.64. The molecule has 1 atom stereocenters. The van der Waals surface area contributed by atoms with Gasteiger partial charge in [0, 0.05) is 17.7 Å². The third-order valence-electron chi connectivity index (χ3n) is 5.50. The maximum absolute atomic E-state index is 5.81. The van der Waals surface area contributed by atoms with Crippen molar-refractivity contribution in [3.8, 4) is 17.2 Å². The molecule has 0 saturated carbocycles. The van der Waals surface area contributed by atoms with Crippen LogP contribution in [0.5, 0.6) is 17.2 Å². The average Bonchev–Trinajstić information content (AvgIpc) is 3.30. The minimum absolute atomic E-state index is 0.0734. The number of ether oxygens (including phenoxy) is 3. The summed E-state index contributed by atoms with van der Waals surface area (Å²) in [7, 11) is 1.67. The van der Waals surface area contributed by atoms with Crippen LogP contribution < -0.4 is 19.5 Å². The SMILES string of the molecule is COc1cccc(C2=NN(C(=S)Nc3ccccc3)C(c3ccc4c(c3)OCCO4)C2)c1. The lowest BCUT2D eigenvalue weighted by molar-refractivity contribution is 0.171. The zero-order valence-electron chi connectivity index (χ0n) is 17.7. The Morgan fingerprint density at radius 2 is 1.81 bits per heavy atom. The van der Waals surface area contributed by atoms with E-state index in [4.69, 9.17) is 31.5 Å². The summed E-state index contributed by atoms with van der Waals surface area (Å²) in [6.07, 6.45) is 0.698. The van der Waals surface area contributed by atoms with Crippen molar-refractivity contribution in [2.45, 2.75) is 12.5 Å². The van der Waals surface area contributed by atoms with Crippen molar-refractivity contribution in [3.63, 3.8) is 0 Å². The predicted octanol–water partition coefficient (Wildman–Crippen LogP) is 5.01. The van der Waals surface area contributed by atoms with Crippen molar-refractivity contribution in [3.05, 3.63) is 83.9 Å². The van der Waals surface area contributed by atoms with Gasteiger partial charge in [0.05, 0.1) is 18.9 Å². The number of anilines is 1. The molecule has 2 aliphatic rings. The van der Waals surface area contributed by atoms with Gasteiger partial charge in [-0.15, -0.1) is 0 Å². The number of benzene rings is 3. The fourth-order valence-electron chi connectivity index (χ4n) is 3.90. The normalized spacial score (nSPS) is 17.0. The Balaban J connectivity index is 1.48. The van der Waals surface area contributed by atoms with Crippen molar-refractivity contribution >= 4 is 28.7 Å². The Morgan fingerprint density at radius 1 is 1.00 bits per heavy atom. The highest BCUT2D eigenvalue weighted by molar-refractivity contribution is 7.80. The summed E-state index contributed by atoms with van der Waals surface area (Å²) in [6.45, 7) is 1.11. The molecule has 0 saturated heterocycles. The number of hydrogen-bond acceptors (Lipinski definition) is 5. The van der Waals surface area contributed by atoms with Crippen LogP contribution in [0.1, 0.15) is 23.6 Å². The summed E-state index contributed by atoms with van der Waals surface area (Å²) < 4.78 is 16.9. The Hall–Kier alpha value is -3.58. The van der Waals surface area contributed by atoms with Gasteiger partial charge in [-0.1, -0.05) is 36.4 Å². The lowest BCUT2D eigenvalue weighted by Gasteiger charge is -2.26. The maximum atomic E-state index is 5.81. The third kappa shape index (κ3) is 4.11. The lowest BCUT2D eigenvalue weighted by atomic mass is 9.98. The van der Waals surface area contributed by atoms with Crippen LogP contribution in [0.25, 0.3) is 0 Å². The maximum Gasteiger partial charge on any atom is 0.194 e. The molecule has 1 N–H and O–H groups in total. The van der Waals surface area contributed by atoms with Crippen LogP contribution in [0.4, 0.5) is 5.69 Å². The number of rotatable bonds is 4. The van der Waals surface area contributed by atoms with E-state index in [9.17, 15) is 0 Å². The van der Waals surface area contributed by atoms with Gasteiger partial charge in [0.25, 0.3) is 0 Å². The summed E-state index contributed by atoms with van der Waals surface area (Å²) >= 11 is 5.77. The number of nitrogens with one attached hydrogen (secondary N) is 1. The zero-order valence-corrected chi connectivity index (χ0v) is 18.5. The highest BCUT2D eigenvalue weighted by Crippen LogP contribution is 2.39. The molecule has 0 aromatic heterocycles. The second-order valence-electron chi connectivity index (χ2n) is 7.54. The summed E-state index contributed by atoms with van der Waals surface area (Å²) in [5, 5.41) is 10.6. The van der Waals surface area contributed by atoms with E-state index < -0.39 is 0 Å². The van der Waals surface area contributed by atoms with Gasteiger partial charge in [-0.05, 0) is 54.2 Å². The third-order valence-corrected chi connectivity index (χ3v) is 5.79. The number of methoxy groups -OCH3 is 1. The van der Waals surface area contributed by atoms with Crippen LogP contribution >= 0.6 is 12.2 Å². The molecular formula is C25H23N3O3S. The largest absolute Gasteiger partial charge is 0.497 e. The van der Waals surface area contributed by atoms with Gasteiger partial charge in [-0.2, -0.15) is 5.10 Å². The molecule has 0 bridgehead atoms. The molecule has 2 aliphatic heterocycles. The molecule has 0 amide bonds.